The van der Waals surface area contributed by atoms with Gasteiger partial charge in [0.05, 0.1) is 0 Å². The van der Waals surface area contributed by atoms with Crippen LogP contribution in [0.2, 0.25) is 0 Å². The smallest absolute Gasteiger partial charge is 0.245 e. The van der Waals surface area contributed by atoms with Crippen molar-refractivity contribution in [2.24, 2.45) is 0 Å². The molecule has 118 valence electrons. The molecule has 0 saturated carbocycles. The molecule has 1 heterocycles. The number of aryl methyl sites for hydroxylation is 1. The van der Waals surface area contributed by atoms with Crippen molar-refractivity contribution < 1.29 is 13.2 Å². The van der Waals surface area contributed by atoms with Gasteiger partial charge in [0.15, 0.2) is 14.6 Å². The Bertz CT molecular complexity index is 593. The number of hydrogen-bond donors (Lipinski definition) is 2. The third kappa shape index (κ3) is 3.75. The van der Waals surface area contributed by atoms with E-state index >= 15 is 0 Å². The van der Waals surface area contributed by atoms with Crippen LogP contribution >= 0.6 is 12.4 Å². The number of carbonyl (C=O) groups excluding carboxylic acids is 1. The molecule has 0 aliphatic carbocycles. The summed E-state index contributed by atoms with van der Waals surface area (Å²) in [6.45, 7) is 3.03. The van der Waals surface area contributed by atoms with Crippen LogP contribution < -0.4 is 10.6 Å². The summed E-state index contributed by atoms with van der Waals surface area (Å²) >= 11 is 0. The zero-order valence-electron chi connectivity index (χ0n) is 12.2. The summed E-state index contributed by atoms with van der Waals surface area (Å²) < 4.78 is 22.9. The third-order valence-electron chi connectivity index (χ3n) is 3.84. The van der Waals surface area contributed by atoms with E-state index in [1.54, 1.807) is 12.1 Å². The highest BCUT2D eigenvalue weighted by Crippen LogP contribution is 2.29. The summed E-state index contributed by atoms with van der Waals surface area (Å²) in [6.07, 6.45) is 1.76. The third-order valence-corrected chi connectivity index (χ3v) is 5.86. The van der Waals surface area contributed by atoms with E-state index in [1.807, 2.05) is 19.1 Å². The maximum absolute atomic E-state index is 12.5. The molecule has 0 unspecified atom stereocenters. The molecule has 7 heteroatoms. The second-order valence-corrected chi connectivity index (χ2v) is 7.66. The summed E-state index contributed by atoms with van der Waals surface area (Å²) in [7, 11) is -3.47. The van der Waals surface area contributed by atoms with Crippen LogP contribution in [0.4, 0.5) is 5.69 Å². The van der Waals surface area contributed by atoms with Gasteiger partial charge in [0.25, 0.3) is 0 Å². The summed E-state index contributed by atoms with van der Waals surface area (Å²) in [5.41, 5.74) is 1.71. The second-order valence-electron chi connectivity index (χ2n) is 5.34. The van der Waals surface area contributed by atoms with Crippen molar-refractivity contribution in [3.05, 3.63) is 29.8 Å². The SMILES string of the molecule is Cc1ccc(NC(=O)C2(S(C)(=O)=O)CCNCC2)cc1.Cl. The molecule has 21 heavy (non-hydrogen) atoms. The van der Waals surface area contributed by atoms with E-state index in [4.69, 9.17) is 0 Å². The molecule has 1 aromatic rings. The summed E-state index contributed by atoms with van der Waals surface area (Å²) in [5, 5.41) is 5.83. The summed E-state index contributed by atoms with van der Waals surface area (Å²) in [4.78, 5) is 12.5. The molecule has 1 aliphatic heterocycles. The minimum absolute atomic E-state index is 0. The molecule has 5 nitrogen and oxygen atoms in total. The lowest BCUT2D eigenvalue weighted by atomic mass is 9.95. The van der Waals surface area contributed by atoms with Crippen molar-refractivity contribution in [2.45, 2.75) is 24.5 Å². The second kappa shape index (κ2) is 6.77. The average Bonchev–Trinajstić information content (AvgIpc) is 2.41. The minimum atomic E-state index is -3.47. The van der Waals surface area contributed by atoms with E-state index in [9.17, 15) is 13.2 Å². The standard InChI is InChI=1S/C14H20N2O3S.ClH/c1-11-3-5-12(6-4-11)16-13(17)14(20(2,18)19)7-9-15-10-8-14;/h3-6,15H,7-10H2,1-2H3,(H,16,17);1H. The predicted molar refractivity (Wildman–Crippen MR) is 86.7 cm³/mol. The Morgan fingerprint density at radius 2 is 1.71 bits per heavy atom. The quantitative estimate of drug-likeness (QED) is 0.880. The van der Waals surface area contributed by atoms with Crippen molar-refractivity contribution in [3.8, 4) is 0 Å². The maximum Gasteiger partial charge on any atom is 0.245 e. The molecule has 1 aromatic carbocycles. The maximum atomic E-state index is 12.5. The number of nitrogens with one attached hydrogen (secondary N) is 2. The lowest BCUT2D eigenvalue weighted by Gasteiger charge is -2.34. The molecule has 1 aliphatic rings. The molecular weight excluding hydrogens is 312 g/mol. The highest BCUT2D eigenvalue weighted by Gasteiger charge is 2.48. The minimum Gasteiger partial charge on any atom is -0.325 e. The lowest BCUT2D eigenvalue weighted by Crippen LogP contribution is -2.55. The monoisotopic (exact) mass is 332 g/mol. The molecule has 0 atom stereocenters. The number of anilines is 1. The van der Waals surface area contributed by atoms with Gasteiger partial charge in [-0.3, -0.25) is 4.79 Å². The van der Waals surface area contributed by atoms with Gasteiger partial charge in [0.1, 0.15) is 0 Å². The van der Waals surface area contributed by atoms with E-state index in [-0.39, 0.29) is 12.4 Å². The number of halogens is 1. The Hall–Kier alpha value is -1.11. The number of sulfone groups is 1. The first-order valence-corrected chi connectivity index (χ1v) is 8.53. The fourth-order valence-electron chi connectivity index (χ4n) is 2.48. The Labute approximate surface area is 131 Å². The van der Waals surface area contributed by atoms with Gasteiger partial charge in [-0.15, -0.1) is 12.4 Å². The van der Waals surface area contributed by atoms with Crippen LogP contribution in [0, 0.1) is 6.92 Å². The lowest BCUT2D eigenvalue weighted by molar-refractivity contribution is -0.119. The fourth-order valence-corrected chi connectivity index (χ4v) is 3.81. The number of rotatable bonds is 3. The molecule has 2 rings (SSSR count). The van der Waals surface area contributed by atoms with E-state index in [1.165, 1.54) is 0 Å². The van der Waals surface area contributed by atoms with Crippen LogP contribution in [0.5, 0.6) is 0 Å². The van der Waals surface area contributed by atoms with Crippen LogP contribution in [0.3, 0.4) is 0 Å². The van der Waals surface area contributed by atoms with E-state index in [2.05, 4.69) is 10.6 Å². The summed E-state index contributed by atoms with van der Waals surface area (Å²) in [5.74, 6) is -0.426. The predicted octanol–water partition coefficient (Wildman–Crippen LogP) is 1.52. The normalized spacial score (nSPS) is 17.6. The van der Waals surface area contributed by atoms with Gasteiger partial charge < -0.3 is 10.6 Å². The Morgan fingerprint density at radius 1 is 1.19 bits per heavy atom. The average molecular weight is 333 g/mol. The highest BCUT2D eigenvalue weighted by molar-refractivity contribution is 7.92. The molecule has 1 fully saturated rings. The molecular formula is C14H21ClN2O3S. The van der Waals surface area contributed by atoms with Gasteiger partial charge in [-0.2, -0.15) is 0 Å². The number of hydrogen-bond acceptors (Lipinski definition) is 4. The van der Waals surface area contributed by atoms with Crippen molar-refractivity contribution in [2.75, 3.05) is 24.7 Å². The van der Waals surface area contributed by atoms with Gasteiger partial charge >= 0.3 is 0 Å². The Morgan fingerprint density at radius 3 is 2.19 bits per heavy atom. The van der Waals surface area contributed by atoms with Gasteiger partial charge in [-0.1, -0.05) is 17.7 Å². The van der Waals surface area contributed by atoms with E-state index in [0.717, 1.165) is 11.8 Å². The number of carbonyl (C=O) groups is 1. The van der Waals surface area contributed by atoms with Crippen LogP contribution in [0.15, 0.2) is 24.3 Å². The first kappa shape index (κ1) is 17.9. The molecule has 1 saturated heterocycles. The summed E-state index contributed by atoms with van der Waals surface area (Å²) in [6, 6.07) is 7.32. The van der Waals surface area contributed by atoms with Gasteiger partial charge in [0.2, 0.25) is 5.91 Å². The zero-order chi connectivity index (χ0) is 14.8. The number of amides is 1. The molecule has 2 N–H and O–H groups in total. The van der Waals surface area contributed by atoms with E-state index in [0.29, 0.717) is 31.6 Å². The van der Waals surface area contributed by atoms with Crippen molar-refractivity contribution in [1.82, 2.24) is 5.32 Å². The van der Waals surface area contributed by atoms with Crippen LogP contribution in [0.25, 0.3) is 0 Å². The molecule has 0 aromatic heterocycles. The van der Waals surface area contributed by atoms with Gasteiger partial charge in [0, 0.05) is 11.9 Å². The molecule has 0 radical (unpaired) electrons. The molecule has 0 bridgehead atoms. The molecule has 1 amide bonds. The first-order chi connectivity index (χ1) is 9.35. The van der Waals surface area contributed by atoms with Gasteiger partial charge in [-0.05, 0) is 45.0 Å². The largest absolute Gasteiger partial charge is 0.325 e. The molecule has 0 spiro atoms. The Balaban J connectivity index is 0.00000220. The van der Waals surface area contributed by atoms with Crippen LogP contribution in [-0.2, 0) is 14.6 Å². The van der Waals surface area contributed by atoms with Crippen molar-refractivity contribution >= 4 is 33.8 Å². The fraction of sp³-hybridized carbons (Fsp3) is 0.500. The van der Waals surface area contributed by atoms with Crippen molar-refractivity contribution in [1.29, 1.82) is 0 Å². The first-order valence-electron chi connectivity index (χ1n) is 6.64. The van der Waals surface area contributed by atoms with Crippen LogP contribution in [-0.4, -0.2) is 38.4 Å². The van der Waals surface area contributed by atoms with Crippen LogP contribution in [0.1, 0.15) is 18.4 Å². The van der Waals surface area contributed by atoms with Crippen molar-refractivity contribution in [3.63, 3.8) is 0 Å². The zero-order valence-corrected chi connectivity index (χ0v) is 13.8. The number of benzene rings is 1. The van der Waals surface area contributed by atoms with E-state index < -0.39 is 20.5 Å². The van der Waals surface area contributed by atoms with Gasteiger partial charge in [-0.25, -0.2) is 8.42 Å². The Kier molecular flexibility index (Phi) is 5.78. The number of piperidine rings is 1. The highest BCUT2D eigenvalue weighted by atomic mass is 35.5. The topological polar surface area (TPSA) is 75.3 Å².